The third-order valence-electron chi connectivity index (χ3n) is 3.84. The van der Waals surface area contributed by atoms with Crippen LogP contribution in [0.1, 0.15) is 41.6 Å². The minimum Gasteiger partial charge on any atom is -0.507 e. The van der Waals surface area contributed by atoms with Crippen LogP contribution in [0.4, 0.5) is 0 Å². The van der Waals surface area contributed by atoms with E-state index in [2.05, 4.69) is 5.32 Å². The van der Waals surface area contributed by atoms with E-state index < -0.39 is 5.97 Å². The van der Waals surface area contributed by atoms with Gasteiger partial charge in [0.1, 0.15) is 5.75 Å². The summed E-state index contributed by atoms with van der Waals surface area (Å²) in [5.41, 5.74) is 0.882. The lowest BCUT2D eigenvalue weighted by Crippen LogP contribution is -2.40. The summed E-state index contributed by atoms with van der Waals surface area (Å²) in [6, 6.07) is 4.87. The van der Waals surface area contributed by atoms with E-state index in [1.54, 1.807) is 25.1 Å². The molecule has 5 heteroatoms. The van der Waals surface area contributed by atoms with Crippen LogP contribution in [-0.2, 0) is 4.79 Å². The van der Waals surface area contributed by atoms with E-state index in [-0.39, 0.29) is 29.2 Å². The first kappa shape index (κ1) is 14.4. The summed E-state index contributed by atoms with van der Waals surface area (Å²) >= 11 is 0. The Kier molecular flexibility index (Phi) is 4.27. The van der Waals surface area contributed by atoms with Crippen molar-refractivity contribution in [2.45, 2.75) is 38.6 Å². The minimum absolute atomic E-state index is 0.0180. The van der Waals surface area contributed by atoms with Gasteiger partial charge in [-0.1, -0.05) is 18.6 Å². The summed E-state index contributed by atoms with van der Waals surface area (Å²) in [6.07, 6.45) is 2.69. The number of aliphatic carboxylic acids is 1. The van der Waals surface area contributed by atoms with Crippen LogP contribution in [-0.4, -0.2) is 28.1 Å². The molecule has 0 spiro atoms. The number of carboxylic acids is 1. The van der Waals surface area contributed by atoms with Crippen molar-refractivity contribution >= 4 is 11.9 Å². The van der Waals surface area contributed by atoms with Gasteiger partial charge in [0.15, 0.2) is 0 Å². The van der Waals surface area contributed by atoms with Crippen LogP contribution in [0.5, 0.6) is 5.75 Å². The number of carbonyl (C=O) groups is 2. The van der Waals surface area contributed by atoms with E-state index in [0.717, 1.165) is 12.8 Å². The summed E-state index contributed by atoms with van der Waals surface area (Å²) in [4.78, 5) is 23.1. The fraction of sp³-hybridized carbons (Fsp3) is 0.467. The van der Waals surface area contributed by atoms with Crippen LogP contribution in [0.25, 0.3) is 0 Å². The number of carbonyl (C=O) groups excluding carboxylic acids is 1. The first-order chi connectivity index (χ1) is 9.49. The molecule has 2 atom stereocenters. The molecule has 0 heterocycles. The summed E-state index contributed by atoms with van der Waals surface area (Å²) < 4.78 is 0. The van der Waals surface area contributed by atoms with Gasteiger partial charge in [0.05, 0.1) is 11.5 Å². The lowest BCUT2D eigenvalue weighted by molar-refractivity contribution is -0.143. The van der Waals surface area contributed by atoms with Gasteiger partial charge in [-0.05, 0) is 37.8 Å². The van der Waals surface area contributed by atoms with Crippen molar-refractivity contribution in [3.05, 3.63) is 29.3 Å². The average molecular weight is 277 g/mol. The van der Waals surface area contributed by atoms with E-state index in [9.17, 15) is 14.7 Å². The van der Waals surface area contributed by atoms with Crippen molar-refractivity contribution in [3.8, 4) is 5.75 Å². The smallest absolute Gasteiger partial charge is 0.306 e. The van der Waals surface area contributed by atoms with Crippen molar-refractivity contribution in [2.75, 3.05) is 0 Å². The second-order valence-electron chi connectivity index (χ2n) is 5.34. The highest BCUT2D eigenvalue weighted by Gasteiger charge is 2.28. The van der Waals surface area contributed by atoms with E-state index in [1.165, 1.54) is 0 Å². The maximum atomic E-state index is 12.1. The number of hydrogen-bond donors (Lipinski definition) is 3. The van der Waals surface area contributed by atoms with Gasteiger partial charge >= 0.3 is 5.97 Å². The molecule has 1 aromatic rings. The largest absolute Gasteiger partial charge is 0.507 e. The lowest BCUT2D eigenvalue weighted by Gasteiger charge is -2.27. The number of aryl methyl sites for hydroxylation is 1. The Balaban J connectivity index is 2.04. The fourth-order valence-electron chi connectivity index (χ4n) is 2.65. The number of phenolic OH excluding ortho intramolecular Hbond substituents is 1. The fourth-order valence-corrected chi connectivity index (χ4v) is 2.65. The molecule has 1 aromatic carbocycles. The molecule has 0 aliphatic heterocycles. The molecular formula is C15H19NO4. The number of aromatic hydroxyl groups is 1. The molecule has 0 bridgehead atoms. The molecule has 0 radical (unpaired) electrons. The van der Waals surface area contributed by atoms with E-state index >= 15 is 0 Å². The standard InChI is InChI=1S/C15H19NO4/c1-9-4-2-7-12(13(9)17)14(18)16-11-6-3-5-10(8-11)15(19)20/h2,4,7,10-11,17H,3,5-6,8H2,1H3,(H,16,18)(H,19,20). The predicted octanol–water partition coefficient (Wildman–Crippen LogP) is 2.07. The number of benzene rings is 1. The van der Waals surface area contributed by atoms with Gasteiger partial charge < -0.3 is 15.5 Å². The van der Waals surface area contributed by atoms with Crippen molar-refractivity contribution in [3.63, 3.8) is 0 Å². The summed E-state index contributed by atoms with van der Waals surface area (Å²) in [5.74, 6) is -1.56. The average Bonchev–Trinajstić information content (AvgIpc) is 2.42. The Bertz CT molecular complexity index is 527. The Morgan fingerprint density at radius 3 is 2.75 bits per heavy atom. The Morgan fingerprint density at radius 1 is 1.30 bits per heavy atom. The number of phenols is 1. The maximum Gasteiger partial charge on any atom is 0.306 e. The van der Waals surface area contributed by atoms with E-state index in [0.29, 0.717) is 18.4 Å². The van der Waals surface area contributed by atoms with Gasteiger partial charge in [0.25, 0.3) is 5.91 Å². The second-order valence-corrected chi connectivity index (χ2v) is 5.34. The van der Waals surface area contributed by atoms with Gasteiger partial charge in [0.2, 0.25) is 0 Å². The molecule has 20 heavy (non-hydrogen) atoms. The molecule has 0 saturated heterocycles. The first-order valence-electron chi connectivity index (χ1n) is 6.81. The molecule has 2 rings (SSSR count). The van der Waals surface area contributed by atoms with Gasteiger partial charge in [-0.2, -0.15) is 0 Å². The zero-order chi connectivity index (χ0) is 14.7. The number of para-hydroxylation sites is 1. The van der Waals surface area contributed by atoms with Crippen LogP contribution in [0, 0.1) is 12.8 Å². The second kappa shape index (κ2) is 5.94. The lowest BCUT2D eigenvalue weighted by atomic mass is 9.85. The third kappa shape index (κ3) is 3.10. The number of rotatable bonds is 3. The zero-order valence-corrected chi connectivity index (χ0v) is 11.4. The topological polar surface area (TPSA) is 86.6 Å². The van der Waals surface area contributed by atoms with Gasteiger partial charge in [-0.25, -0.2) is 0 Å². The van der Waals surface area contributed by atoms with Crippen molar-refractivity contribution in [2.24, 2.45) is 5.92 Å². The molecule has 0 aromatic heterocycles. The molecular weight excluding hydrogens is 258 g/mol. The number of amides is 1. The van der Waals surface area contributed by atoms with E-state index in [1.807, 2.05) is 0 Å². The molecule has 1 saturated carbocycles. The Hall–Kier alpha value is -2.04. The van der Waals surface area contributed by atoms with Crippen molar-refractivity contribution in [1.82, 2.24) is 5.32 Å². The zero-order valence-electron chi connectivity index (χ0n) is 11.4. The number of nitrogens with one attached hydrogen (secondary N) is 1. The van der Waals surface area contributed by atoms with Gasteiger partial charge in [0, 0.05) is 6.04 Å². The normalized spacial score (nSPS) is 22.2. The number of hydrogen-bond acceptors (Lipinski definition) is 3. The highest BCUT2D eigenvalue weighted by atomic mass is 16.4. The number of carboxylic acid groups (broad SMARTS) is 1. The Morgan fingerprint density at radius 2 is 2.05 bits per heavy atom. The molecule has 1 amide bonds. The van der Waals surface area contributed by atoms with Crippen LogP contribution in [0.15, 0.2) is 18.2 Å². The SMILES string of the molecule is Cc1cccc(C(=O)NC2CCCC(C(=O)O)C2)c1O. The minimum atomic E-state index is -0.803. The molecule has 3 N–H and O–H groups in total. The summed E-state index contributed by atoms with van der Waals surface area (Å²) in [6.45, 7) is 1.73. The molecule has 1 aliphatic rings. The van der Waals surface area contributed by atoms with Gasteiger partial charge in [-0.15, -0.1) is 0 Å². The molecule has 5 nitrogen and oxygen atoms in total. The monoisotopic (exact) mass is 277 g/mol. The highest BCUT2D eigenvalue weighted by Crippen LogP contribution is 2.26. The van der Waals surface area contributed by atoms with Crippen LogP contribution in [0.2, 0.25) is 0 Å². The molecule has 108 valence electrons. The predicted molar refractivity (Wildman–Crippen MR) is 73.7 cm³/mol. The van der Waals surface area contributed by atoms with Crippen LogP contribution in [0.3, 0.4) is 0 Å². The quantitative estimate of drug-likeness (QED) is 0.789. The highest BCUT2D eigenvalue weighted by molar-refractivity contribution is 5.97. The Labute approximate surface area is 117 Å². The van der Waals surface area contributed by atoms with E-state index in [4.69, 9.17) is 5.11 Å². The van der Waals surface area contributed by atoms with Crippen LogP contribution < -0.4 is 5.32 Å². The first-order valence-corrected chi connectivity index (χ1v) is 6.81. The third-order valence-corrected chi connectivity index (χ3v) is 3.84. The summed E-state index contributed by atoms with van der Waals surface area (Å²) in [5, 5.41) is 21.7. The molecule has 1 aliphatic carbocycles. The maximum absolute atomic E-state index is 12.1. The van der Waals surface area contributed by atoms with Crippen LogP contribution >= 0.6 is 0 Å². The van der Waals surface area contributed by atoms with Gasteiger partial charge in [-0.3, -0.25) is 9.59 Å². The van der Waals surface area contributed by atoms with Crippen molar-refractivity contribution < 1.29 is 19.8 Å². The van der Waals surface area contributed by atoms with Crippen molar-refractivity contribution in [1.29, 1.82) is 0 Å². The summed E-state index contributed by atoms with van der Waals surface area (Å²) in [7, 11) is 0. The molecule has 2 unspecified atom stereocenters. The molecule has 1 fully saturated rings.